The fraction of sp³-hybridized carbons (Fsp3) is 0.259. The SMILES string of the molecule is CC.Cc1ncc2c(c1OCc1cccc(C#N)c1)C(C)OC(=O)N(c1ccc(C#N)cc1)C2. The highest BCUT2D eigenvalue weighted by molar-refractivity contribution is 5.88. The quantitative estimate of drug-likeness (QED) is 0.482. The van der Waals surface area contributed by atoms with Crippen LogP contribution in [0.25, 0.3) is 0 Å². The number of carbonyl (C=O) groups is 1. The molecule has 0 aliphatic carbocycles. The molecule has 7 heteroatoms. The van der Waals surface area contributed by atoms with Crippen LogP contribution in [-0.2, 0) is 17.9 Å². The van der Waals surface area contributed by atoms with E-state index in [2.05, 4.69) is 17.1 Å². The van der Waals surface area contributed by atoms with E-state index in [1.165, 1.54) is 4.90 Å². The Morgan fingerprint density at radius 2 is 1.82 bits per heavy atom. The molecule has 1 aliphatic rings. The minimum atomic E-state index is -0.539. The molecule has 0 radical (unpaired) electrons. The second-order valence-corrected chi connectivity index (χ2v) is 7.48. The molecule has 2 aromatic carbocycles. The van der Waals surface area contributed by atoms with Crippen LogP contribution in [-0.4, -0.2) is 11.1 Å². The summed E-state index contributed by atoms with van der Waals surface area (Å²) < 4.78 is 11.9. The molecule has 1 amide bonds. The Hall–Kier alpha value is -4.36. The average Bonchev–Trinajstić information content (AvgIpc) is 3.00. The summed E-state index contributed by atoms with van der Waals surface area (Å²) in [6, 6.07) is 18.2. The maximum Gasteiger partial charge on any atom is 0.415 e. The molecular formula is C27H26N4O3. The first-order chi connectivity index (χ1) is 16.5. The maximum atomic E-state index is 12.8. The van der Waals surface area contributed by atoms with Crippen molar-refractivity contribution in [3.63, 3.8) is 0 Å². The zero-order valence-corrected chi connectivity index (χ0v) is 19.7. The Morgan fingerprint density at radius 3 is 2.50 bits per heavy atom. The third kappa shape index (κ3) is 5.16. The van der Waals surface area contributed by atoms with Crippen LogP contribution in [0.4, 0.5) is 10.5 Å². The predicted molar refractivity (Wildman–Crippen MR) is 128 cm³/mol. The first-order valence-electron chi connectivity index (χ1n) is 11.1. The fourth-order valence-electron chi connectivity index (χ4n) is 3.70. The summed E-state index contributed by atoms with van der Waals surface area (Å²) in [6.07, 6.45) is 0.718. The number of nitriles is 2. The summed E-state index contributed by atoms with van der Waals surface area (Å²) in [4.78, 5) is 18.8. The summed E-state index contributed by atoms with van der Waals surface area (Å²) in [6.45, 7) is 8.17. The van der Waals surface area contributed by atoms with E-state index in [-0.39, 0.29) is 13.2 Å². The molecule has 172 valence electrons. The number of anilines is 1. The Morgan fingerprint density at radius 1 is 1.12 bits per heavy atom. The van der Waals surface area contributed by atoms with E-state index in [0.29, 0.717) is 28.3 Å². The molecule has 34 heavy (non-hydrogen) atoms. The van der Waals surface area contributed by atoms with Crippen LogP contribution in [0.3, 0.4) is 0 Å². The van der Waals surface area contributed by atoms with Gasteiger partial charge in [0.1, 0.15) is 18.5 Å². The van der Waals surface area contributed by atoms with E-state index in [0.717, 1.165) is 16.7 Å². The van der Waals surface area contributed by atoms with Crippen LogP contribution in [0.15, 0.2) is 54.7 Å². The van der Waals surface area contributed by atoms with Gasteiger partial charge in [-0.15, -0.1) is 0 Å². The lowest BCUT2D eigenvalue weighted by molar-refractivity contribution is 0.114. The van der Waals surface area contributed by atoms with Gasteiger partial charge in [0, 0.05) is 23.0 Å². The Bertz CT molecular complexity index is 1260. The zero-order chi connectivity index (χ0) is 24.7. The van der Waals surface area contributed by atoms with Gasteiger partial charge in [-0.1, -0.05) is 26.0 Å². The summed E-state index contributed by atoms with van der Waals surface area (Å²) >= 11 is 0. The summed E-state index contributed by atoms with van der Waals surface area (Å²) in [5.41, 5.74) is 4.85. The van der Waals surface area contributed by atoms with E-state index in [1.54, 1.807) is 42.6 Å². The minimum absolute atomic E-state index is 0.258. The highest BCUT2D eigenvalue weighted by Gasteiger charge is 2.31. The van der Waals surface area contributed by atoms with Gasteiger partial charge >= 0.3 is 6.09 Å². The Labute approximate surface area is 199 Å². The third-order valence-electron chi connectivity index (χ3n) is 5.31. The molecular weight excluding hydrogens is 428 g/mol. The van der Waals surface area contributed by atoms with Crippen LogP contribution in [0, 0.1) is 29.6 Å². The van der Waals surface area contributed by atoms with E-state index in [4.69, 9.17) is 20.0 Å². The molecule has 0 bridgehead atoms. The van der Waals surface area contributed by atoms with Gasteiger partial charge in [0.05, 0.1) is 35.5 Å². The monoisotopic (exact) mass is 454 g/mol. The van der Waals surface area contributed by atoms with E-state index in [9.17, 15) is 4.79 Å². The van der Waals surface area contributed by atoms with Crippen molar-refractivity contribution in [3.8, 4) is 17.9 Å². The van der Waals surface area contributed by atoms with Crippen molar-refractivity contribution in [1.29, 1.82) is 10.5 Å². The molecule has 1 unspecified atom stereocenters. The van der Waals surface area contributed by atoms with Crippen LogP contribution in [0.1, 0.15) is 60.4 Å². The number of nitrogens with zero attached hydrogens (tertiary/aromatic N) is 4. The molecule has 0 saturated carbocycles. The number of aryl methyl sites for hydroxylation is 1. The van der Waals surface area contributed by atoms with Crippen LogP contribution < -0.4 is 9.64 Å². The number of aromatic nitrogens is 1. The molecule has 0 spiro atoms. The highest BCUT2D eigenvalue weighted by Crippen LogP contribution is 2.37. The van der Waals surface area contributed by atoms with Crippen molar-refractivity contribution < 1.29 is 14.3 Å². The van der Waals surface area contributed by atoms with Crippen LogP contribution >= 0.6 is 0 Å². The highest BCUT2D eigenvalue weighted by atomic mass is 16.6. The standard InChI is InChI=1S/C25H20N4O3.C2H6/c1-16-24(31-15-20-5-3-4-19(10-20)12-27)23-17(2)32-25(30)29(14-21(23)13-28-16)22-8-6-18(11-26)7-9-22;1-2/h3-10,13,17H,14-15H2,1-2H3;1-2H3. The molecule has 1 aromatic heterocycles. The first kappa shape index (κ1) is 24.3. The van der Waals surface area contributed by atoms with Gasteiger partial charge < -0.3 is 9.47 Å². The molecule has 0 N–H and O–H groups in total. The third-order valence-corrected chi connectivity index (χ3v) is 5.31. The number of pyridine rings is 1. The summed E-state index contributed by atoms with van der Waals surface area (Å²) in [5.74, 6) is 0.576. The number of rotatable bonds is 4. The molecule has 0 fully saturated rings. The van der Waals surface area contributed by atoms with E-state index in [1.807, 2.05) is 39.8 Å². The first-order valence-corrected chi connectivity index (χ1v) is 11.1. The average molecular weight is 455 g/mol. The van der Waals surface area contributed by atoms with Gasteiger partial charge in [0.2, 0.25) is 0 Å². The lowest BCUT2D eigenvalue weighted by Crippen LogP contribution is -2.29. The second-order valence-electron chi connectivity index (χ2n) is 7.48. The van der Waals surface area contributed by atoms with Gasteiger partial charge in [-0.2, -0.15) is 10.5 Å². The molecule has 0 saturated heterocycles. The molecule has 7 nitrogen and oxygen atoms in total. The van der Waals surface area contributed by atoms with Gasteiger partial charge in [0.25, 0.3) is 0 Å². The molecule has 4 rings (SSSR count). The van der Waals surface area contributed by atoms with Crippen molar-refractivity contribution in [2.45, 2.75) is 47.0 Å². The molecule has 2 heterocycles. The molecule has 1 aliphatic heterocycles. The number of carbonyl (C=O) groups excluding carboxylic acids is 1. The minimum Gasteiger partial charge on any atom is -0.487 e. The zero-order valence-electron chi connectivity index (χ0n) is 19.7. The van der Waals surface area contributed by atoms with Gasteiger partial charge in [-0.25, -0.2) is 4.79 Å². The number of fused-ring (bicyclic) bond motifs is 1. The smallest absolute Gasteiger partial charge is 0.415 e. The summed E-state index contributed by atoms with van der Waals surface area (Å²) in [7, 11) is 0. The largest absolute Gasteiger partial charge is 0.487 e. The Balaban J connectivity index is 0.00000158. The van der Waals surface area contributed by atoms with Crippen molar-refractivity contribution in [2.24, 2.45) is 0 Å². The molecule has 1 atom stereocenters. The Kier molecular flexibility index (Phi) is 7.84. The normalized spacial score (nSPS) is 14.4. The number of cyclic esters (lactones) is 1. The molecule has 3 aromatic rings. The fourth-order valence-corrected chi connectivity index (χ4v) is 3.70. The van der Waals surface area contributed by atoms with Crippen LogP contribution in [0.5, 0.6) is 5.75 Å². The number of ether oxygens (including phenoxy) is 2. The lowest BCUT2D eigenvalue weighted by atomic mass is 10.0. The number of amides is 1. The summed E-state index contributed by atoms with van der Waals surface area (Å²) in [5, 5.41) is 18.1. The van der Waals surface area contributed by atoms with Crippen molar-refractivity contribution >= 4 is 11.8 Å². The van der Waals surface area contributed by atoms with Crippen molar-refractivity contribution in [1.82, 2.24) is 4.98 Å². The van der Waals surface area contributed by atoms with Gasteiger partial charge in [-0.3, -0.25) is 9.88 Å². The topological polar surface area (TPSA) is 99.2 Å². The van der Waals surface area contributed by atoms with Gasteiger partial charge in [-0.05, 0) is 55.8 Å². The number of hydrogen-bond acceptors (Lipinski definition) is 6. The number of hydrogen-bond donors (Lipinski definition) is 0. The van der Waals surface area contributed by atoms with Gasteiger partial charge in [0.15, 0.2) is 0 Å². The van der Waals surface area contributed by atoms with Crippen molar-refractivity contribution in [3.05, 3.63) is 88.2 Å². The predicted octanol–water partition coefficient (Wildman–Crippen LogP) is 5.96. The van der Waals surface area contributed by atoms with E-state index < -0.39 is 12.2 Å². The lowest BCUT2D eigenvalue weighted by Gasteiger charge is -2.20. The second kappa shape index (κ2) is 11.0. The number of benzene rings is 2. The maximum absolute atomic E-state index is 12.8. The van der Waals surface area contributed by atoms with Crippen molar-refractivity contribution in [2.75, 3.05) is 4.90 Å². The van der Waals surface area contributed by atoms with Crippen LogP contribution in [0.2, 0.25) is 0 Å². The van der Waals surface area contributed by atoms with E-state index >= 15 is 0 Å².